The molecule has 7 nitrogen and oxygen atoms in total. The first-order valence-corrected chi connectivity index (χ1v) is 5.06. The molecule has 0 rings (SSSR count). The highest BCUT2D eigenvalue weighted by Crippen LogP contribution is 2.14. The topological polar surface area (TPSA) is 125 Å². The number of nitrogens with zero attached hydrogens (tertiary/aromatic N) is 1. The standard InChI is InChI=1S/C9H21NO6/c1-4(11)7(14)10(8(15)5(2)12)9(16)6(3)13/h4-9,11-16H,1-3H3. The second-order valence-electron chi connectivity index (χ2n) is 3.91. The van der Waals surface area contributed by atoms with Crippen molar-refractivity contribution in [1.29, 1.82) is 0 Å². The van der Waals surface area contributed by atoms with Gasteiger partial charge in [-0.15, -0.1) is 0 Å². The predicted molar refractivity (Wildman–Crippen MR) is 54.9 cm³/mol. The van der Waals surface area contributed by atoms with Gasteiger partial charge in [0.15, 0.2) is 0 Å². The Balaban J connectivity index is 4.89. The minimum absolute atomic E-state index is 0.639. The SMILES string of the molecule is CC(O)C(O)N(C(O)C(C)O)C(O)C(C)O. The van der Waals surface area contributed by atoms with Crippen molar-refractivity contribution in [2.24, 2.45) is 0 Å². The molecule has 0 amide bonds. The van der Waals surface area contributed by atoms with Crippen molar-refractivity contribution in [1.82, 2.24) is 4.90 Å². The van der Waals surface area contributed by atoms with Gasteiger partial charge in [-0.2, -0.15) is 0 Å². The molecule has 0 aliphatic rings. The smallest absolute Gasteiger partial charge is 0.137 e. The Bertz CT molecular complexity index is 165. The van der Waals surface area contributed by atoms with E-state index in [9.17, 15) is 30.6 Å². The Morgan fingerprint density at radius 1 is 0.562 bits per heavy atom. The van der Waals surface area contributed by atoms with Crippen LogP contribution in [0.25, 0.3) is 0 Å². The average molecular weight is 239 g/mol. The summed E-state index contributed by atoms with van der Waals surface area (Å²) in [5.74, 6) is 0. The first-order valence-electron chi connectivity index (χ1n) is 5.06. The van der Waals surface area contributed by atoms with Crippen LogP contribution in [-0.2, 0) is 0 Å². The van der Waals surface area contributed by atoms with Gasteiger partial charge in [0.25, 0.3) is 0 Å². The van der Waals surface area contributed by atoms with Crippen LogP contribution in [-0.4, -0.2) is 72.5 Å². The van der Waals surface area contributed by atoms with Crippen molar-refractivity contribution in [2.45, 2.75) is 57.8 Å². The van der Waals surface area contributed by atoms with Crippen LogP contribution in [0.15, 0.2) is 0 Å². The molecule has 6 atom stereocenters. The number of rotatable bonds is 6. The first-order chi connectivity index (χ1) is 7.20. The average Bonchev–Trinajstić information content (AvgIpc) is 2.16. The van der Waals surface area contributed by atoms with Crippen LogP contribution in [0.5, 0.6) is 0 Å². The zero-order chi connectivity index (χ0) is 13.0. The molecular weight excluding hydrogens is 218 g/mol. The third-order valence-electron chi connectivity index (χ3n) is 2.21. The van der Waals surface area contributed by atoms with E-state index in [1.165, 1.54) is 20.8 Å². The number of hydrogen-bond acceptors (Lipinski definition) is 7. The summed E-state index contributed by atoms with van der Waals surface area (Å²) in [7, 11) is 0. The van der Waals surface area contributed by atoms with E-state index < -0.39 is 37.0 Å². The lowest BCUT2D eigenvalue weighted by Gasteiger charge is -2.39. The number of aliphatic hydroxyl groups excluding tert-OH is 6. The van der Waals surface area contributed by atoms with E-state index >= 15 is 0 Å². The van der Waals surface area contributed by atoms with Gasteiger partial charge in [-0.25, -0.2) is 4.90 Å². The van der Waals surface area contributed by atoms with E-state index in [4.69, 9.17) is 0 Å². The van der Waals surface area contributed by atoms with Gasteiger partial charge >= 0.3 is 0 Å². The van der Waals surface area contributed by atoms with Crippen molar-refractivity contribution in [2.75, 3.05) is 0 Å². The van der Waals surface area contributed by atoms with Gasteiger partial charge in [0.1, 0.15) is 18.7 Å². The Morgan fingerprint density at radius 2 is 0.750 bits per heavy atom. The summed E-state index contributed by atoms with van der Waals surface area (Å²) in [5.41, 5.74) is 0. The lowest BCUT2D eigenvalue weighted by molar-refractivity contribution is -0.243. The predicted octanol–water partition coefficient (Wildman–Crippen LogP) is -2.61. The molecule has 0 aromatic heterocycles. The third-order valence-corrected chi connectivity index (χ3v) is 2.21. The van der Waals surface area contributed by atoms with E-state index in [-0.39, 0.29) is 0 Å². The quantitative estimate of drug-likeness (QED) is 0.280. The molecule has 0 bridgehead atoms. The van der Waals surface area contributed by atoms with Crippen LogP contribution in [0.3, 0.4) is 0 Å². The molecule has 0 radical (unpaired) electrons. The van der Waals surface area contributed by atoms with Crippen LogP contribution >= 0.6 is 0 Å². The van der Waals surface area contributed by atoms with Crippen molar-refractivity contribution >= 4 is 0 Å². The van der Waals surface area contributed by atoms with Gasteiger partial charge < -0.3 is 30.6 Å². The number of hydrogen-bond donors (Lipinski definition) is 6. The fourth-order valence-corrected chi connectivity index (χ4v) is 1.22. The summed E-state index contributed by atoms with van der Waals surface area (Å²) in [6.07, 6.45) is -8.59. The second kappa shape index (κ2) is 6.45. The molecule has 6 N–H and O–H groups in total. The largest absolute Gasteiger partial charge is 0.389 e. The van der Waals surface area contributed by atoms with Gasteiger partial charge in [-0.1, -0.05) is 0 Å². The summed E-state index contributed by atoms with van der Waals surface area (Å²) in [6, 6.07) is 0. The van der Waals surface area contributed by atoms with Crippen LogP contribution in [0, 0.1) is 0 Å². The van der Waals surface area contributed by atoms with Crippen molar-refractivity contribution in [3.63, 3.8) is 0 Å². The van der Waals surface area contributed by atoms with Gasteiger partial charge in [-0.05, 0) is 20.8 Å². The van der Waals surface area contributed by atoms with Crippen LogP contribution in [0.2, 0.25) is 0 Å². The van der Waals surface area contributed by atoms with Crippen LogP contribution in [0.4, 0.5) is 0 Å². The highest BCUT2D eigenvalue weighted by Gasteiger charge is 2.36. The molecule has 0 fully saturated rings. The number of aliphatic hydroxyl groups is 6. The van der Waals surface area contributed by atoms with Crippen LogP contribution < -0.4 is 0 Å². The highest BCUT2D eigenvalue weighted by atomic mass is 16.4. The lowest BCUT2D eigenvalue weighted by atomic mass is 10.2. The fourth-order valence-electron chi connectivity index (χ4n) is 1.22. The van der Waals surface area contributed by atoms with Gasteiger partial charge in [0.05, 0.1) is 18.3 Å². The first kappa shape index (κ1) is 15.7. The lowest BCUT2D eigenvalue weighted by Crippen LogP contribution is -2.59. The molecular formula is C9H21NO6. The molecule has 0 aliphatic carbocycles. The molecule has 0 aliphatic heterocycles. The zero-order valence-corrected chi connectivity index (χ0v) is 9.59. The van der Waals surface area contributed by atoms with Crippen molar-refractivity contribution in [3.8, 4) is 0 Å². The zero-order valence-electron chi connectivity index (χ0n) is 9.59. The molecule has 6 unspecified atom stereocenters. The molecule has 0 spiro atoms. The van der Waals surface area contributed by atoms with E-state index in [2.05, 4.69) is 0 Å². The molecule has 0 aromatic carbocycles. The minimum Gasteiger partial charge on any atom is -0.389 e. The van der Waals surface area contributed by atoms with Gasteiger partial charge in [0, 0.05) is 0 Å². The van der Waals surface area contributed by atoms with E-state index in [0.717, 1.165) is 0 Å². The molecule has 16 heavy (non-hydrogen) atoms. The maximum absolute atomic E-state index is 9.56. The molecule has 0 aromatic rings. The summed E-state index contributed by atoms with van der Waals surface area (Å²) < 4.78 is 0. The van der Waals surface area contributed by atoms with Crippen molar-refractivity contribution < 1.29 is 30.6 Å². The van der Waals surface area contributed by atoms with E-state index in [1.807, 2.05) is 0 Å². The maximum atomic E-state index is 9.56. The normalized spacial score (nSPS) is 23.6. The molecule has 0 saturated carbocycles. The van der Waals surface area contributed by atoms with Gasteiger partial charge in [-0.3, -0.25) is 0 Å². The summed E-state index contributed by atoms with van der Waals surface area (Å²) >= 11 is 0. The van der Waals surface area contributed by atoms with E-state index in [1.54, 1.807) is 0 Å². The molecule has 98 valence electrons. The summed E-state index contributed by atoms with van der Waals surface area (Å²) in [6.45, 7) is 3.75. The van der Waals surface area contributed by atoms with Gasteiger partial charge in [0.2, 0.25) is 0 Å². The Morgan fingerprint density at radius 3 is 0.875 bits per heavy atom. The van der Waals surface area contributed by atoms with Crippen LogP contribution in [0.1, 0.15) is 20.8 Å². The second-order valence-corrected chi connectivity index (χ2v) is 3.91. The molecule has 7 heteroatoms. The minimum atomic E-state index is -1.60. The molecule has 0 saturated heterocycles. The van der Waals surface area contributed by atoms with Crippen molar-refractivity contribution in [3.05, 3.63) is 0 Å². The maximum Gasteiger partial charge on any atom is 0.137 e. The van der Waals surface area contributed by atoms with E-state index in [0.29, 0.717) is 4.90 Å². The Labute approximate surface area is 94.2 Å². The Hall–Kier alpha value is -0.280. The third kappa shape index (κ3) is 3.95. The summed E-state index contributed by atoms with van der Waals surface area (Å²) in [5, 5.41) is 56.2. The summed E-state index contributed by atoms with van der Waals surface area (Å²) in [4.78, 5) is 0.639. The fraction of sp³-hybridized carbons (Fsp3) is 1.00. The molecule has 0 heterocycles. The monoisotopic (exact) mass is 239 g/mol. The Kier molecular flexibility index (Phi) is 6.34. The highest BCUT2D eigenvalue weighted by molar-refractivity contribution is 4.77.